The first-order valence-electron chi connectivity index (χ1n) is 6.34. The number of methoxy groups -OCH3 is 1. The highest BCUT2D eigenvalue weighted by Crippen LogP contribution is 2.12. The summed E-state index contributed by atoms with van der Waals surface area (Å²) in [5.74, 6) is 0.298. The number of benzene rings is 1. The Morgan fingerprint density at radius 3 is 2.52 bits per heavy atom. The van der Waals surface area contributed by atoms with E-state index in [1.165, 1.54) is 11.8 Å². The summed E-state index contributed by atoms with van der Waals surface area (Å²) < 4.78 is 10.0. The lowest BCUT2D eigenvalue weighted by atomic mass is 10.2. The standard InChI is InChI=1S/C14H19NO5S/c1-19-11-5-3-10(4-6-11)9-20-14(18)15-12(13(16)17)7-8-21-2/h3-6,12H,7-9H2,1-2H3,(H,15,18)(H,16,17)/t12-/m0/s1. The molecule has 0 fully saturated rings. The van der Waals surface area contributed by atoms with Crippen LogP contribution in [0.5, 0.6) is 5.75 Å². The number of aliphatic carboxylic acids is 1. The van der Waals surface area contributed by atoms with E-state index in [0.717, 1.165) is 5.56 Å². The molecule has 1 amide bonds. The van der Waals surface area contributed by atoms with Crippen molar-refractivity contribution in [2.45, 2.75) is 19.1 Å². The summed E-state index contributed by atoms with van der Waals surface area (Å²) in [6, 6.07) is 6.13. The number of thioether (sulfide) groups is 1. The van der Waals surface area contributed by atoms with Crippen molar-refractivity contribution in [1.29, 1.82) is 0 Å². The van der Waals surface area contributed by atoms with Crippen LogP contribution in [0.15, 0.2) is 24.3 Å². The smallest absolute Gasteiger partial charge is 0.408 e. The van der Waals surface area contributed by atoms with Crippen molar-refractivity contribution in [3.05, 3.63) is 29.8 Å². The summed E-state index contributed by atoms with van der Waals surface area (Å²) in [7, 11) is 1.57. The lowest BCUT2D eigenvalue weighted by Gasteiger charge is -2.14. The molecule has 2 N–H and O–H groups in total. The number of carbonyl (C=O) groups excluding carboxylic acids is 1. The van der Waals surface area contributed by atoms with E-state index in [-0.39, 0.29) is 6.61 Å². The second kappa shape index (κ2) is 9.12. The molecule has 1 rings (SSSR count). The first-order valence-corrected chi connectivity index (χ1v) is 7.74. The van der Waals surface area contributed by atoms with E-state index in [2.05, 4.69) is 5.32 Å². The number of amides is 1. The molecule has 0 heterocycles. The molecule has 0 bridgehead atoms. The van der Waals surface area contributed by atoms with Gasteiger partial charge in [0.2, 0.25) is 0 Å². The molecule has 0 aliphatic heterocycles. The van der Waals surface area contributed by atoms with Crippen LogP contribution in [-0.4, -0.2) is 42.3 Å². The van der Waals surface area contributed by atoms with Gasteiger partial charge in [-0.1, -0.05) is 12.1 Å². The largest absolute Gasteiger partial charge is 0.497 e. The molecule has 0 radical (unpaired) electrons. The fraction of sp³-hybridized carbons (Fsp3) is 0.429. The number of hydrogen-bond acceptors (Lipinski definition) is 5. The number of ether oxygens (including phenoxy) is 2. The Morgan fingerprint density at radius 2 is 2.00 bits per heavy atom. The van der Waals surface area contributed by atoms with E-state index in [0.29, 0.717) is 17.9 Å². The average Bonchev–Trinajstić information content (AvgIpc) is 2.49. The monoisotopic (exact) mass is 313 g/mol. The van der Waals surface area contributed by atoms with E-state index in [9.17, 15) is 9.59 Å². The predicted octanol–water partition coefficient (Wildman–Crippen LogP) is 2.13. The first kappa shape index (κ1) is 17.2. The number of carboxylic acid groups (broad SMARTS) is 1. The molecule has 0 aromatic heterocycles. The molecule has 0 saturated heterocycles. The summed E-state index contributed by atoms with van der Waals surface area (Å²) in [6.45, 7) is 0.0741. The van der Waals surface area contributed by atoms with Crippen LogP contribution in [0, 0.1) is 0 Å². The van der Waals surface area contributed by atoms with Crippen LogP contribution in [0.4, 0.5) is 4.79 Å². The zero-order valence-electron chi connectivity index (χ0n) is 12.0. The number of carboxylic acids is 1. The van der Waals surface area contributed by atoms with E-state index in [4.69, 9.17) is 14.6 Å². The van der Waals surface area contributed by atoms with Crippen molar-refractivity contribution in [3.8, 4) is 5.75 Å². The van der Waals surface area contributed by atoms with E-state index < -0.39 is 18.1 Å². The third-order valence-electron chi connectivity index (χ3n) is 2.73. The molecule has 116 valence electrons. The maximum atomic E-state index is 11.6. The third kappa shape index (κ3) is 6.40. The molecular formula is C14H19NO5S. The number of carbonyl (C=O) groups is 2. The van der Waals surface area contributed by atoms with E-state index in [1.807, 2.05) is 6.26 Å². The Kier molecular flexibility index (Phi) is 7.45. The number of alkyl carbamates (subject to hydrolysis) is 1. The van der Waals surface area contributed by atoms with Gasteiger partial charge in [-0.05, 0) is 36.1 Å². The minimum Gasteiger partial charge on any atom is -0.497 e. The highest BCUT2D eigenvalue weighted by Gasteiger charge is 2.19. The maximum Gasteiger partial charge on any atom is 0.408 e. The normalized spacial score (nSPS) is 11.5. The minimum absolute atomic E-state index is 0.0741. The second-order valence-corrected chi connectivity index (χ2v) is 5.23. The van der Waals surface area contributed by atoms with E-state index in [1.54, 1.807) is 31.4 Å². The van der Waals surface area contributed by atoms with Crippen LogP contribution in [-0.2, 0) is 16.1 Å². The molecule has 6 nitrogen and oxygen atoms in total. The van der Waals surface area contributed by atoms with Gasteiger partial charge in [0.05, 0.1) is 7.11 Å². The zero-order valence-corrected chi connectivity index (χ0v) is 12.8. The lowest BCUT2D eigenvalue weighted by Crippen LogP contribution is -2.41. The molecule has 0 aliphatic carbocycles. The van der Waals surface area contributed by atoms with Gasteiger partial charge in [-0.25, -0.2) is 9.59 Å². The lowest BCUT2D eigenvalue weighted by molar-refractivity contribution is -0.139. The Morgan fingerprint density at radius 1 is 1.33 bits per heavy atom. The zero-order chi connectivity index (χ0) is 15.7. The van der Waals surface area contributed by atoms with Gasteiger partial charge in [-0.2, -0.15) is 11.8 Å². The molecule has 1 aromatic rings. The van der Waals surface area contributed by atoms with E-state index >= 15 is 0 Å². The summed E-state index contributed by atoms with van der Waals surface area (Å²) in [4.78, 5) is 22.6. The Balaban J connectivity index is 2.42. The Bertz CT molecular complexity index is 463. The molecule has 0 aliphatic rings. The van der Waals surface area contributed by atoms with Gasteiger partial charge < -0.3 is 19.9 Å². The summed E-state index contributed by atoms with van der Waals surface area (Å²) in [6.07, 6.45) is 1.49. The van der Waals surface area contributed by atoms with Crippen molar-refractivity contribution in [1.82, 2.24) is 5.32 Å². The molecule has 0 saturated carbocycles. The van der Waals surface area contributed by atoms with Crippen LogP contribution in [0.2, 0.25) is 0 Å². The van der Waals surface area contributed by atoms with Crippen LogP contribution < -0.4 is 10.1 Å². The fourth-order valence-electron chi connectivity index (χ4n) is 1.55. The Labute approximate surface area is 127 Å². The summed E-state index contributed by atoms with van der Waals surface area (Å²) in [5, 5.41) is 11.3. The molecule has 7 heteroatoms. The predicted molar refractivity (Wildman–Crippen MR) is 80.7 cm³/mol. The van der Waals surface area contributed by atoms with Crippen LogP contribution in [0.25, 0.3) is 0 Å². The van der Waals surface area contributed by atoms with Crippen molar-refractivity contribution >= 4 is 23.8 Å². The number of rotatable bonds is 8. The highest BCUT2D eigenvalue weighted by atomic mass is 32.2. The van der Waals surface area contributed by atoms with Gasteiger partial charge in [0, 0.05) is 0 Å². The molecule has 1 aromatic carbocycles. The molecular weight excluding hydrogens is 294 g/mol. The first-order chi connectivity index (χ1) is 10.1. The van der Waals surface area contributed by atoms with Gasteiger partial charge in [-0.3, -0.25) is 0 Å². The Hall–Kier alpha value is -1.89. The van der Waals surface area contributed by atoms with Gasteiger partial charge in [0.15, 0.2) is 0 Å². The molecule has 21 heavy (non-hydrogen) atoms. The quantitative estimate of drug-likeness (QED) is 0.765. The molecule has 1 atom stereocenters. The number of hydrogen-bond donors (Lipinski definition) is 2. The van der Waals surface area contributed by atoms with Crippen LogP contribution in [0.1, 0.15) is 12.0 Å². The summed E-state index contributed by atoms with van der Waals surface area (Å²) in [5.41, 5.74) is 0.793. The summed E-state index contributed by atoms with van der Waals surface area (Å²) >= 11 is 1.52. The average molecular weight is 313 g/mol. The van der Waals surface area contributed by atoms with Crippen LogP contribution >= 0.6 is 11.8 Å². The van der Waals surface area contributed by atoms with Crippen molar-refractivity contribution in [2.75, 3.05) is 19.1 Å². The van der Waals surface area contributed by atoms with Gasteiger partial charge in [0.1, 0.15) is 18.4 Å². The fourth-order valence-corrected chi connectivity index (χ4v) is 2.02. The second-order valence-electron chi connectivity index (χ2n) is 4.24. The minimum atomic E-state index is -1.06. The SMILES string of the molecule is COc1ccc(COC(=O)N[C@@H](CCSC)C(=O)O)cc1. The molecule has 0 spiro atoms. The van der Waals surface area contributed by atoms with Crippen molar-refractivity contribution in [2.24, 2.45) is 0 Å². The topological polar surface area (TPSA) is 84.9 Å². The van der Waals surface area contributed by atoms with Gasteiger partial charge in [-0.15, -0.1) is 0 Å². The third-order valence-corrected chi connectivity index (χ3v) is 3.37. The van der Waals surface area contributed by atoms with Gasteiger partial charge >= 0.3 is 12.1 Å². The molecule has 0 unspecified atom stereocenters. The maximum absolute atomic E-state index is 11.6. The van der Waals surface area contributed by atoms with Crippen LogP contribution in [0.3, 0.4) is 0 Å². The number of nitrogens with one attached hydrogen (secondary N) is 1. The van der Waals surface area contributed by atoms with Gasteiger partial charge in [0.25, 0.3) is 0 Å². The van der Waals surface area contributed by atoms with Crippen molar-refractivity contribution < 1.29 is 24.2 Å². The van der Waals surface area contributed by atoms with Crippen molar-refractivity contribution in [3.63, 3.8) is 0 Å². The highest BCUT2D eigenvalue weighted by molar-refractivity contribution is 7.98.